The molecule has 0 aliphatic carbocycles. The number of hydrogen-bond donors (Lipinski definition) is 2. The van der Waals surface area contributed by atoms with Crippen LogP contribution in [-0.4, -0.2) is 47.3 Å². The summed E-state index contributed by atoms with van der Waals surface area (Å²) in [7, 11) is 0. The van der Waals surface area contributed by atoms with Gasteiger partial charge in [0.2, 0.25) is 5.96 Å². The van der Waals surface area contributed by atoms with Crippen LogP contribution in [0.4, 0.5) is 5.69 Å². The number of benzene rings is 1. The third kappa shape index (κ3) is 3.89. The summed E-state index contributed by atoms with van der Waals surface area (Å²) in [6.07, 6.45) is 6.40. The van der Waals surface area contributed by atoms with E-state index < -0.39 is 0 Å². The van der Waals surface area contributed by atoms with Crippen LogP contribution in [0.25, 0.3) is 0 Å². The minimum Gasteiger partial charge on any atom is -0.408 e. The van der Waals surface area contributed by atoms with Crippen LogP contribution in [0.5, 0.6) is 0 Å². The van der Waals surface area contributed by atoms with Gasteiger partial charge in [0.05, 0.1) is 6.61 Å². The quantitative estimate of drug-likeness (QED) is 0.366. The Morgan fingerprint density at radius 3 is 2.64 bits per heavy atom. The fourth-order valence-corrected chi connectivity index (χ4v) is 4.14. The molecule has 7 heteroatoms. The summed E-state index contributed by atoms with van der Waals surface area (Å²) in [5, 5.41) is 12.4. The molecule has 0 amide bonds. The van der Waals surface area contributed by atoms with Crippen molar-refractivity contribution in [2.24, 2.45) is 16.8 Å². The molecule has 7 nitrogen and oxygen atoms in total. The number of hydrogen-bond acceptors (Lipinski definition) is 5. The maximum atomic E-state index is 9.16. The van der Waals surface area contributed by atoms with Gasteiger partial charge in [0, 0.05) is 43.3 Å². The molecule has 1 saturated heterocycles. The third-order valence-corrected chi connectivity index (χ3v) is 5.76. The van der Waals surface area contributed by atoms with Gasteiger partial charge in [0.1, 0.15) is 0 Å². The lowest BCUT2D eigenvalue weighted by molar-refractivity contribution is -0.0536. The molecule has 1 unspecified atom stereocenters. The largest absolute Gasteiger partial charge is 0.408 e. The summed E-state index contributed by atoms with van der Waals surface area (Å²) >= 11 is 0. The average Bonchev–Trinajstić information content (AvgIpc) is 2.77. The molecule has 4 rings (SSSR count). The van der Waals surface area contributed by atoms with Gasteiger partial charge in [-0.2, -0.15) is 0 Å². The second kappa shape index (κ2) is 8.48. The highest BCUT2D eigenvalue weighted by Gasteiger charge is 2.31. The van der Waals surface area contributed by atoms with E-state index in [9.17, 15) is 0 Å². The van der Waals surface area contributed by atoms with Crippen molar-refractivity contribution in [3.05, 3.63) is 59.9 Å². The van der Waals surface area contributed by atoms with Gasteiger partial charge < -0.3 is 25.5 Å². The normalized spacial score (nSPS) is 20.9. The molecule has 1 aromatic carbocycles. The van der Waals surface area contributed by atoms with Crippen LogP contribution in [0, 0.1) is 5.92 Å². The smallest absolute Gasteiger partial charge is 0.235 e. The minimum atomic E-state index is -0.306. The van der Waals surface area contributed by atoms with Crippen LogP contribution >= 0.6 is 0 Å². The molecule has 28 heavy (non-hydrogen) atoms. The van der Waals surface area contributed by atoms with Crippen LogP contribution in [0.1, 0.15) is 30.2 Å². The molecule has 3 N–H and O–H groups in total. The number of anilines is 1. The fraction of sp³-hybridized carbons (Fsp3) is 0.429. The fourth-order valence-electron chi connectivity index (χ4n) is 4.14. The van der Waals surface area contributed by atoms with E-state index in [0.29, 0.717) is 19.1 Å². The molecule has 0 saturated carbocycles. The van der Waals surface area contributed by atoms with Crippen LogP contribution in [0.3, 0.4) is 0 Å². The van der Waals surface area contributed by atoms with Gasteiger partial charge in [-0.15, -0.1) is 0 Å². The molecule has 148 valence electrons. The Kier molecular flexibility index (Phi) is 5.62. The maximum absolute atomic E-state index is 9.16. The molecular formula is C21H27N5O2. The second-order valence-electron chi connectivity index (χ2n) is 7.42. The number of pyridine rings is 1. The van der Waals surface area contributed by atoms with Crippen molar-refractivity contribution in [3.8, 4) is 0 Å². The van der Waals surface area contributed by atoms with E-state index in [1.807, 2.05) is 29.4 Å². The standard InChI is InChI=1S/C21H27N5O2/c22-21(24-27)26-14-9-17-3-1-2-4-19(17)20(26)28-15-16-7-12-25(13-8-16)18-5-10-23-11-6-18/h1-6,10-11,16,20,27H,7-9,12-15H2,(H2,22,24). The molecule has 2 aromatic rings. The van der Waals surface area contributed by atoms with E-state index in [1.54, 1.807) is 0 Å². The minimum absolute atomic E-state index is 0.104. The van der Waals surface area contributed by atoms with E-state index >= 15 is 0 Å². The average molecular weight is 381 g/mol. The number of nitrogens with zero attached hydrogens (tertiary/aromatic N) is 4. The third-order valence-electron chi connectivity index (χ3n) is 5.76. The Bertz CT molecular complexity index is 805. The number of piperidine rings is 1. The number of fused-ring (bicyclic) bond motifs is 1. The molecule has 1 fully saturated rings. The first-order valence-electron chi connectivity index (χ1n) is 9.85. The van der Waals surface area contributed by atoms with Gasteiger partial charge >= 0.3 is 0 Å². The zero-order valence-electron chi connectivity index (χ0n) is 15.9. The van der Waals surface area contributed by atoms with Gasteiger partial charge in [0.15, 0.2) is 6.23 Å². The van der Waals surface area contributed by atoms with Crippen LogP contribution in [-0.2, 0) is 11.2 Å². The Hall–Kier alpha value is -2.80. The SMILES string of the molecule is NC(=NO)N1CCc2ccccc2C1OCC1CCN(c2ccncc2)CC1. The van der Waals surface area contributed by atoms with Crippen LogP contribution in [0.2, 0.25) is 0 Å². The van der Waals surface area contributed by atoms with Gasteiger partial charge in [-0.05, 0) is 42.9 Å². The molecule has 1 atom stereocenters. The van der Waals surface area contributed by atoms with Crippen molar-refractivity contribution in [2.45, 2.75) is 25.5 Å². The van der Waals surface area contributed by atoms with Crippen molar-refractivity contribution in [1.82, 2.24) is 9.88 Å². The van der Waals surface area contributed by atoms with Crippen molar-refractivity contribution in [1.29, 1.82) is 0 Å². The number of ether oxygens (including phenoxy) is 1. The summed E-state index contributed by atoms with van der Waals surface area (Å²) in [5.41, 5.74) is 9.52. The second-order valence-corrected chi connectivity index (χ2v) is 7.42. The van der Waals surface area contributed by atoms with E-state index in [0.717, 1.165) is 37.9 Å². The summed E-state index contributed by atoms with van der Waals surface area (Å²) in [6, 6.07) is 12.4. The van der Waals surface area contributed by atoms with Crippen molar-refractivity contribution in [3.63, 3.8) is 0 Å². The number of nitrogens with two attached hydrogens (primary N) is 1. The van der Waals surface area contributed by atoms with Gasteiger partial charge in [0.25, 0.3) is 0 Å². The molecule has 2 aliphatic heterocycles. The number of guanidine groups is 1. The highest BCUT2D eigenvalue weighted by molar-refractivity contribution is 5.78. The summed E-state index contributed by atoms with van der Waals surface area (Å²) < 4.78 is 6.35. The zero-order valence-corrected chi connectivity index (χ0v) is 15.9. The summed E-state index contributed by atoms with van der Waals surface area (Å²) in [4.78, 5) is 8.34. The van der Waals surface area contributed by atoms with Gasteiger partial charge in [-0.25, -0.2) is 0 Å². The Morgan fingerprint density at radius 2 is 1.89 bits per heavy atom. The van der Waals surface area contributed by atoms with E-state index in [4.69, 9.17) is 15.7 Å². The first-order chi connectivity index (χ1) is 13.8. The highest BCUT2D eigenvalue weighted by atomic mass is 16.5. The highest BCUT2D eigenvalue weighted by Crippen LogP contribution is 2.32. The van der Waals surface area contributed by atoms with E-state index in [2.05, 4.69) is 39.3 Å². The number of aromatic nitrogens is 1. The molecule has 0 bridgehead atoms. The predicted octanol–water partition coefficient (Wildman–Crippen LogP) is 2.58. The van der Waals surface area contributed by atoms with Crippen molar-refractivity contribution >= 4 is 11.6 Å². The summed E-state index contributed by atoms with van der Waals surface area (Å²) in [5.74, 6) is 0.605. The van der Waals surface area contributed by atoms with E-state index in [1.165, 1.54) is 11.3 Å². The molecule has 0 spiro atoms. The molecule has 2 aliphatic rings. The summed E-state index contributed by atoms with van der Waals surface area (Å²) in [6.45, 7) is 3.38. The van der Waals surface area contributed by atoms with Crippen molar-refractivity contribution in [2.75, 3.05) is 31.1 Å². The maximum Gasteiger partial charge on any atom is 0.235 e. The van der Waals surface area contributed by atoms with Crippen LogP contribution < -0.4 is 10.6 Å². The molecular weight excluding hydrogens is 354 g/mol. The molecule has 3 heterocycles. The van der Waals surface area contributed by atoms with Gasteiger partial charge in [-0.1, -0.05) is 29.4 Å². The predicted molar refractivity (Wildman–Crippen MR) is 108 cm³/mol. The first kappa shape index (κ1) is 18.6. The lowest BCUT2D eigenvalue weighted by Gasteiger charge is -2.39. The number of rotatable bonds is 4. The molecule has 1 aromatic heterocycles. The first-order valence-corrected chi connectivity index (χ1v) is 9.85. The van der Waals surface area contributed by atoms with Gasteiger partial charge in [-0.3, -0.25) is 4.98 Å². The van der Waals surface area contributed by atoms with Crippen molar-refractivity contribution < 1.29 is 9.94 Å². The Balaban J connectivity index is 1.39. The topological polar surface area (TPSA) is 87.2 Å². The lowest BCUT2D eigenvalue weighted by atomic mass is 9.96. The molecule has 0 radical (unpaired) electrons. The van der Waals surface area contributed by atoms with E-state index in [-0.39, 0.29) is 12.2 Å². The Labute approximate surface area is 165 Å². The zero-order chi connectivity index (χ0) is 19.3. The lowest BCUT2D eigenvalue weighted by Crippen LogP contribution is -2.45. The monoisotopic (exact) mass is 381 g/mol. The van der Waals surface area contributed by atoms with Crippen LogP contribution in [0.15, 0.2) is 53.9 Å². The Morgan fingerprint density at radius 1 is 1.14 bits per heavy atom. The number of oxime groups is 1.